The molecule has 4 aromatic rings. The molecule has 4 aromatic carbocycles. The number of rotatable bonds is 31. The van der Waals surface area contributed by atoms with Crippen LogP contribution in [0.15, 0.2) is 115 Å². The number of ether oxygens (including phenoxy) is 2. The maximum absolute atomic E-state index is 14.3. The van der Waals surface area contributed by atoms with Crippen molar-refractivity contribution in [2.24, 2.45) is 11.8 Å². The summed E-state index contributed by atoms with van der Waals surface area (Å²) in [7, 11) is 1.41. The first-order chi connectivity index (χ1) is 36.8. The molecule has 0 aliphatic rings. The van der Waals surface area contributed by atoms with Crippen molar-refractivity contribution in [2.75, 3.05) is 13.7 Å². The molecule has 78 heavy (non-hydrogen) atoms. The number of unbranched alkanes of at least 4 members (excludes halogenated alkanes) is 3. The third-order valence-electron chi connectivity index (χ3n) is 13.6. The molecular formula is C63H84N4O11. The largest absolute Gasteiger partial charge is 0.480 e. The fraction of sp³-hybridized carbons (Fsp3) is 0.492. The van der Waals surface area contributed by atoms with Crippen molar-refractivity contribution in [1.82, 2.24) is 20.9 Å². The Morgan fingerprint density at radius 1 is 0.615 bits per heavy atom. The van der Waals surface area contributed by atoms with Crippen molar-refractivity contribution < 1.29 is 52.9 Å². The molecule has 0 fully saturated rings. The molecule has 0 radical (unpaired) electrons. The number of carbonyl (C=O) groups excluding carboxylic acids is 7. The lowest BCUT2D eigenvalue weighted by atomic mass is 9.77. The number of hydrogen-bond acceptors (Lipinski definition) is 10. The van der Waals surface area contributed by atoms with E-state index >= 15 is 0 Å². The van der Waals surface area contributed by atoms with Crippen molar-refractivity contribution in [3.63, 3.8) is 0 Å². The average Bonchev–Trinajstić information content (AvgIpc) is 3.40. The Kier molecular flexibility index (Phi) is 24.3. The minimum Gasteiger partial charge on any atom is -0.480 e. The van der Waals surface area contributed by atoms with E-state index in [1.165, 1.54) is 32.2 Å². The number of carboxylic acids is 1. The van der Waals surface area contributed by atoms with Crippen LogP contribution in [-0.4, -0.2) is 106 Å². The number of hydrogen-bond donors (Lipinski definition) is 4. The summed E-state index contributed by atoms with van der Waals surface area (Å²) in [6.45, 7) is 17.5. The van der Waals surface area contributed by atoms with E-state index in [1.54, 1.807) is 39.8 Å². The van der Waals surface area contributed by atoms with E-state index in [-0.39, 0.29) is 31.7 Å². The van der Waals surface area contributed by atoms with Crippen molar-refractivity contribution in [2.45, 2.75) is 174 Å². The molecule has 0 spiro atoms. The number of nitrogens with zero attached hydrogens (tertiary/aromatic N) is 1. The molecule has 15 nitrogen and oxygen atoms in total. The third-order valence-corrected chi connectivity index (χ3v) is 13.6. The van der Waals surface area contributed by atoms with Gasteiger partial charge < -0.3 is 35.4 Å². The monoisotopic (exact) mass is 1070 g/mol. The lowest BCUT2D eigenvalue weighted by Crippen LogP contribution is -2.53. The summed E-state index contributed by atoms with van der Waals surface area (Å²) in [5, 5.41) is 18.7. The van der Waals surface area contributed by atoms with Crippen molar-refractivity contribution >= 4 is 46.9 Å². The molecule has 0 saturated heterocycles. The van der Waals surface area contributed by atoms with Gasteiger partial charge >= 0.3 is 5.97 Å². The van der Waals surface area contributed by atoms with Gasteiger partial charge in [-0.3, -0.25) is 33.6 Å². The van der Waals surface area contributed by atoms with Gasteiger partial charge in [0.05, 0.1) is 42.3 Å². The summed E-state index contributed by atoms with van der Waals surface area (Å²) in [5.41, 5.74) is 1.15. The van der Waals surface area contributed by atoms with Crippen molar-refractivity contribution in [1.29, 1.82) is 0 Å². The number of likely N-dealkylation sites (N-methyl/N-ethyl adjacent to an activating group) is 1. The molecule has 0 saturated carbocycles. The smallest absolute Gasteiger partial charge is 0.326 e. The van der Waals surface area contributed by atoms with E-state index in [9.17, 15) is 43.5 Å². The number of ketones is 3. The van der Waals surface area contributed by atoms with Crippen LogP contribution >= 0.6 is 0 Å². The lowest BCUT2D eigenvalue weighted by Gasteiger charge is -2.37. The Bertz CT molecular complexity index is 2510. The summed E-state index contributed by atoms with van der Waals surface area (Å²) in [4.78, 5) is 111. The molecule has 1 unspecified atom stereocenters. The van der Waals surface area contributed by atoms with Crippen LogP contribution in [0, 0.1) is 11.8 Å². The zero-order chi connectivity index (χ0) is 57.8. The first-order valence-corrected chi connectivity index (χ1v) is 27.3. The quantitative estimate of drug-likeness (QED) is 0.0212. The lowest BCUT2D eigenvalue weighted by molar-refractivity contribution is -0.150. The third kappa shape index (κ3) is 19.6. The second kappa shape index (κ2) is 29.8. The van der Waals surface area contributed by atoms with Gasteiger partial charge in [-0.1, -0.05) is 148 Å². The van der Waals surface area contributed by atoms with Gasteiger partial charge in [-0.25, -0.2) is 4.79 Å². The van der Waals surface area contributed by atoms with Crippen LogP contribution in [0.3, 0.4) is 0 Å². The summed E-state index contributed by atoms with van der Waals surface area (Å²) >= 11 is 0. The molecule has 4 N–H and O–H groups in total. The molecule has 0 aromatic heterocycles. The van der Waals surface area contributed by atoms with E-state index < -0.39 is 107 Å². The van der Waals surface area contributed by atoms with E-state index in [0.29, 0.717) is 22.3 Å². The zero-order valence-corrected chi connectivity index (χ0v) is 47.7. The first kappa shape index (κ1) is 63.7. The summed E-state index contributed by atoms with van der Waals surface area (Å²) in [6.07, 6.45) is 2.71. The number of aryl methyl sites for hydroxylation is 1. The van der Waals surface area contributed by atoms with Gasteiger partial charge in [-0.2, -0.15) is 0 Å². The molecule has 422 valence electrons. The molecule has 0 bridgehead atoms. The Morgan fingerprint density at radius 2 is 1.15 bits per heavy atom. The average molecular weight is 1070 g/mol. The highest BCUT2D eigenvalue weighted by Crippen LogP contribution is 2.37. The van der Waals surface area contributed by atoms with E-state index in [0.717, 1.165) is 31.2 Å². The van der Waals surface area contributed by atoms with Gasteiger partial charge in [-0.05, 0) is 90.5 Å². The number of benzene rings is 4. The SMILES string of the molecule is CCCCCCc1ccc(C(=O)C[C@H](COC(C)(C)C)C(=O)N[C@H](C)C(=O)CCC(=O)N(C)[C@H](C(=O)C[C@@H](C)C(=O)N[C@@H](CC(=O)NC(c2ccccc2)(c2ccccc2)c2ccccc2)C(=O)O)C(C)OC(C)(C)C)cc1. The topological polar surface area (TPSA) is 215 Å². The van der Waals surface area contributed by atoms with Crippen LogP contribution in [0.2, 0.25) is 0 Å². The standard InChI is InChI=1S/C63H84N4O11/c1-12-13-14-18-25-45-32-34-46(35-33-45)53(69)39-47(41-77-61(5,6)7)59(74)64-43(3)52(68)36-37-56(72)67(11)57(44(4)78-62(8,9)10)54(70)38-42(2)58(73)65-51(60(75)76)40-55(71)66-63(48-26-19-15-20-27-48,49-28-21-16-22-29-49)50-30-23-17-24-31-50/h15-17,19-24,26-35,42-44,47,51,57H,12-14,18,25,36-41H2,1-11H3,(H,64,74)(H,65,73)(H,66,71)(H,75,76)/t42-,43-,44?,47-,51+,57+/m1/s1. The summed E-state index contributed by atoms with van der Waals surface area (Å²) < 4.78 is 12.1. The van der Waals surface area contributed by atoms with Gasteiger partial charge in [0.1, 0.15) is 17.6 Å². The Labute approximate surface area is 462 Å². The summed E-state index contributed by atoms with van der Waals surface area (Å²) in [6, 6.07) is 31.3. The van der Waals surface area contributed by atoms with E-state index in [2.05, 4.69) is 22.9 Å². The minimum atomic E-state index is -1.68. The van der Waals surface area contributed by atoms with E-state index in [1.807, 2.05) is 124 Å². The second-order valence-electron chi connectivity index (χ2n) is 22.4. The minimum absolute atomic E-state index is 0.0667. The normalized spacial score (nSPS) is 14.1. The number of nitrogens with one attached hydrogen (secondary N) is 3. The predicted octanol–water partition coefficient (Wildman–Crippen LogP) is 9.36. The molecule has 15 heteroatoms. The van der Waals surface area contributed by atoms with Crippen LogP contribution in [0.4, 0.5) is 0 Å². The molecule has 4 amide bonds. The Morgan fingerprint density at radius 3 is 1.64 bits per heavy atom. The summed E-state index contributed by atoms with van der Waals surface area (Å²) in [5.74, 6) is -7.33. The van der Waals surface area contributed by atoms with Crippen LogP contribution in [0.5, 0.6) is 0 Å². The van der Waals surface area contributed by atoms with Crippen LogP contribution in [-0.2, 0) is 55.0 Å². The molecule has 0 heterocycles. The Hall–Kier alpha value is -6.84. The number of carboxylic acid groups (broad SMARTS) is 1. The Balaban J connectivity index is 1.42. The number of aliphatic carboxylic acids is 1. The predicted molar refractivity (Wildman–Crippen MR) is 301 cm³/mol. The highest BCUT2D eigenvalue weighted by atomic mass is 16.5. The van der Waals surface area contributed by atoms with Crippen LogP contribution in [0.25, 0.3) is 0 Å². The molecule has 6 atom stereocenters. The highest BCUT2D eigenvalue weighted by Gasteiger charge is 2.40. The number of amides is 4. The fourth-order valence-corrected chi connectivity index (χ4v) is 9.39. The fourth-order valence-electron chi connectivity index (χ4n) is 9.39. The van der Waals surface area contributed by atoms with Gasteiger partial charge in [0, 0.05) is 44.2 Å². The van der Waals surface area contributed by atoms with E-state index in [4.69, 9.17) is 9.47 Å². The van der Waals surface area contributed by atoms with Gasteiger partial charge in [0.2, 0.25) is 23.6 Å². The number of carbonyl (C=O) groups is 8. The maximum Gasteiger partial charge on any atom is 0.326 e. The van der Waals surface area contributed by atoms with Crippen LogP contribution in [0.1, 0.15) is 160 Å². The van der Waals surface area contributed by atoms with Gasteiger partial charge in [0.15, 0.2) is 17.3 Å². The zero-order valence-electron chi connectivity index (χ0n) is 47.7. The molecule has 0 aliphatic heterocycles. The maximum atomic E-state index is 14.3. The molecule has 4 rings (SSSR count). The van der Waals surface area contributed by atoms with Crippen molar-refractivity contribution in [3.8, 4) is 0 Å². The van der Waals surface area contributed by atoms with Gasteiger partial charge in [0.25, 0.3) is 0 Å². The second-order valence-corrected chi connectivity index (χ2v) is 22.4. The van der Waals surface area contributed by atoms with Gasteiger partial charge in [-0.15, -0.1) is 0 Å². The van der Waals surface area contributed by atoms with Crippen LogP contribution < -0.4 is 16.0 Å². The molecule has 0 aliphatic carbocycles. The van der Waals surface area contributed by atoms with Crippen molar-refractivity contribution in [3.05, 3.63) is 143 Å². The highest BCUT2D eigenvalue weighted by molar-refractivity contribution is 6.00. The molecular weight excluding hydrogens is 989 g/mol. The number of Topliss-reactive ketones (excluding diaryl/α,β-unsaturated/α-hetero) is 3. The first-order valence-electron chi connectivity index (χ1n) is 27.3.